The first-order chi connectivity index (χ1) is 14.8. The molecule has 0 atom stereocenters. The number of nitro benzene ring substituents is 1. The van der Waals surface area contributed by atoms with E-state index in [0.29, 0.717) is 28.1 Å². The zero-order chi connectivity index (χ0) is 21.9. The van der Waals surface area contributed by atoms with E-state index in [-0.39, 0.29) is 22.6 Å². The molecule has 2 amide bonds. The van der Waals surface area contributed by atoms with Crippen molar-refractivity contribution in [3.63, 3.8) is 0 Å². The van der Waals surface area contributed by atoms with E-state index < -0.39 is 22.3 Å². The van der Waals surface area contributed by atoms with Crippen LogP contribution in [0.5, 0.6) is 0 Å². The van der Waals surface area contributed by atoms with E-state index in [1.807, 2.05) is 0 Å². The van der Waals surface area contributed by atoms with E-state index in [0.717, 1.165) is 10.6 Å². The highest BCUT2D eigenvalue weighted by Gasteiger charge is 2.31. The molecule has 0 bridgehead atoms. The fourth-order valence-electron chi connectivity index (χ4n) is 3.56. The van der Waals surface area contributed by atoms with Gasteiger partial charge >= 0.3 is 0 Å². The van der Waals surface area contributed by atoms with Gasteiger partial charge in [-0.25, -0.2) is 4.98 Å². The Hall–Kier alpha value is -4.80. The van der Waals surface area contributed by atoms with Gasteiger partial charge < -0.3 is 10.7 Å². The Labute approximate surface area is 172 Å². The third-order valence-corrected chi connectivity index (χ3v) is 5.03. The molecule has 0 spiro atoms. The normalized spacial score (nSPS) is 12.8. The van der Waals surface area contributed by atoms with Crippen LogP contribution in [0.1, 0.15) is 20.7 Å². The van der Waals surface area contributed by atoms with Crippen molar-refractivity contribution in [2.75, 3.05) is 5.73 Å². The fourth-order valence-corrected chi connectivity index (χ4v) is 3.56. The number of nitrogens with one attached hydrogen (secondary N) is 2. The first-order valence-corrected chi connectivity index (χ1v) is 8.99. The van der Waals surface area contributed by atoms with Crippen LogP contribution in [-0.2, 0) is 0 Å². The Morgan fingerprint density at radius 2 is 1.74 bits per heavy atom. The maximum atomic E-state index is 12.5. The molecule has 1 aliphatic rings. The first-order valence-electron chi connectivity index (χ1n) is 8.99. The molecule has 4 N–H and O–H groups in total. The second-order valence-electron chi connectivity index (χ2n) is 6.87. The molecule has 0 radical (unpaired) electrons. The van der Waals surface area contributed by atoms with Crippen LogP contribution in [0.2, 0.25) is 0 Å². The summed E-state index contributed by atoms with van der Waals surface area (Å²) in [5.41, 5.74) is 7.51. The standard InChI is InChI=1S/C20H12N6O5/c21-17-16-12(19(28)24-20(16)29)8-15(27)25(17)10-3-1-9(2-4-10)18-22-13-6-5-11(26(30)31)7-14(13)23-18/h1-8H,21H2,(H,22,23)(H,24,28,29). The van der Waals surface area contributed by atoms with Crippen LogP contribution in [0.4, 0.5) is 11.5 Å². The highest BCUT2D eigenvalue weighted by atomic mass is 16.6. The van der Waals surface area contributed by atoms with E-state index in [4.69, 9.17) is 5.73 Å². The number of nitrogens with zero attached hydrogens (tertiary/aromatic N) is 3. The number of imidazole rings is 1. The zero-order valence-corrected chi connectivity index (χ0v) is 15.6. The van der Waals surface area contributed by atoms with Gasteiger partial charge in [0, 0.05) is 23.8 Å². The van der Waals surface area contributed by atoms with Crippen molar-refractivity contribution in [3.8, 4) is 17.1 Å². The molecule has 0 fully saturated rings. The summed E-state index contributed by atoms with van der Waals surface area (Å²) in [6.07, 6.45) is 0. The van der Waals surface area contributed by atoms with Crippen LogP contribution in [0.25, 0.3) is 28.1 Å². The maximum Gasteiger partial charge on any atom is 0.271 e. The zero-order valence-electron chi connectivity index (χ0n) is 15.6. The molecule has 0 saturated heterocycles. The molecule has 3 heterocycles. The van der Waals surface area contributed by atoms with Crippen LogP contribution in [0.3, 0.4) is 0 Å². The molecular formula is C20H12N6O5. The number of pyridine rings is 1. The monoisotopic (exact) mass is 416 g/mol. The minimum Gasteiger partial charge on any atom is -0.384 e. The van der Waals surface area contributed by atoms with E-state index in [1.54, 1.807) is 30.3 Å². The van der Waals surface area contributed by atoms with Crippen molar-refractivity contribution in [2.24, 2.45) is 0 Å². The van der Waals surface area contributed by atoms with Crippen LogP contribution in [-0.4, -0.2) is 31.3 Å². The number of carbonyl (C=O) groups excluding carboxylic acids is 2. The number of hydrogen-bond donors (Lipinski definition) is 3. The summed E-state index contributed by atoms with van der Waals surface area (Å²) in [4.78, 5) is 54.2. The van der Waals surface area contributed by atoms with Gasteiger partial charge in [-0.1, -0.05) is 0 Å². The largest absolute Gasteiger partial charge is 0.384 e. The molecule has 152 valence electrons. The molecule has 11 nitrogen and oxygen atoms in total. The molecular weight excluding hydrogens is 404 g/mol. The van der Waals surface area contributed by atoms with E-state index in [9.17, 15) is 24.5 Å². The Balaban J connectivity index is 1.56. The highest BCUT2D eigenvalue weighted by Crippen LogP contribution is 2.26. The lowest BCUT2D eigenvalue weighted by Gasteiger charge is -2.12. The molecule has 4 aromatic rings. The van der Waals surface area contributed by atoms with Crippen LogP contribution in [0.15, 0.2) is 53.3 Å². The minimum absolute atomic E-state index is 0.0347. The number of aromatic nitrogens is 3. The summed E-state index contributed by atoms with van der Waals surface area (Å²) in [5, 5.41) is 13.1. The quantitative estimate of drug-likeness (QED) is 0.260. The molecule has 2 aromatic carbocycles. The Morgan fingerprint density at radius 3 is 2.45 bits per heavy atom. The molecule has 1 aliphatic heterocycles. The minimum atomic E-state index is -0.656. The summed E-state index contributed by atoms with van der Waals surface area (Å²) >= 11 is 0. The SMILES string of the molecule is Nc1c2c(cc(=O)n1-c1ccc(-c3nc4ccc([N+](=O)[O-])cc4[nH]3)cc1)C(=O)NC2=O. The van der Waals surface area contributed by atoms with Crippen molar-refractivity contribution < 1.29 is 14.5 Å². The highest BCUT2D eigenvalue weighted by molar-refractivity contribution is 6.23. The summed E-state index contributed by atoms with van der Waals surface area (Å²) in [7, 11) is 0. The Kier molecular flexibility index (Phi) is 3.74. The van der Waals surface area contributed by atoms with Crippen molar-refractivity contribution in [1.29, 1.82) is 0 Å². The number of amides is 2. The van der Waals surface area contributed by atoms with Crippen molar-refractivity contribution in [1.82, 2.24) is 19.9 Å². The van der Waals surface area contributed by atoms with Gasteiger partial charge in [-0.15, -0.1) is 0 Å². The lowest BCUT2D eigenvalue weighted by molar-refractivity contribution is -0.384. The molecule has 2 aromatic heterocycles. The number of non-ortho nitro benzene ring substituents is 1. The second kappa shape index (κ2) is 6.35. The number of anilines is 1. The van der Waals surface area contributed by atoms with Crippen molar-refractivity contribution >= 4 is 34.4 Å². The number of carbonyl (C=O) groups is 2. The molecule has 0 unspecified atom stereocenters. The number of fused-ring (bicyclic) bond motifs is 2. The van der Waals surface area contributed by atoms with Gasteiger partial charge in [0.25, 0.3) is 23.1 Å². The van der Waals surface area contributed by atoms with Crippen LogP contribution < -0.4 is 16.6 Å². The lowest BCUT2D eigenvalue weighted by Crippen LogP contribution is -2.24. The molecule has 0 saturated carbocycles. The predicted molar refractivity (Wildman–Crippen MR) is 110 cm³/mol. The van der Waals surface area contributed by atoms with Gasteiger partial charge in [0.15, 0.2) is 0 Å². The number of imide groups is 1. The van der Waals surface area contributed by atoms with Crippen LogP contribution in [0, 0.1) is 10.1 Å². The van der Waals surface area contributed by atoms with Gasteiger partial charge in [-0.2, -0.15) is 0 Å². The number of aromatic amines is 1. The summed E-state index contributed by atoms with van der Waals surface area (Å²) < 4.78 is 1.14. The number of rotatable bonds is 3. The third kappa shape index (κ3) is 2.75. The lowest BCUT2D eigenvalue weighted by atomic mass is 10.1. The maximum absolute atomic E-state index is 12.5. The van der Waals surface area contributed by atoms with Crippen LogP contribution >= 0.6 is 0 Å². The van der Waals surface area contributed by atoms with Gasteiger partial charge in [0.05, 0.1) is 32.8 Å². The molecule has 11 heteroatoms. The predicted octanol–water partition coefficient (Wildman–Crippen LogP) is 1.75. The fraction of sp³-hybridized carbons (Fsp3) is 0. The van der Waals surface area contributed by atoms with Crippen molar-refractivity contribution in [2.45, 2.75) is 0 Å². The Bertz CT molecular complexity index is 1500. The topological polar surface area (TPSA) is 166 Å². The summed E-state index contributed by atoms with van der Waals surface area (Å²) in [5.74, 6) is -0.952. The molecule has 31 heavy (non-hydrogen) atoms. The van der Waals surface area contributed by atoms with Crippen molar-refractivity contribution in [3.05, 3.63) is 80.1 Å². The summed E-state index contributed by atoms with van der Waals surface area (Å²) in [6, 6.07) is 12.0. The Morgan fingerprint density at radius 1 is 1.00 bits per heavy atom. The van der Waals surface area contributed by atoms with Gasteiger partial charge in [0.1, 0.15) is 11.6 Å². The number of nitro groups is 1. The second-order valence-corrected chi connectivity index (χ2v) is 6.87. The average molecular weight is 416 g/mol. The molecule has 5 rings (SSSR count). The van der Waals surface area contributed by atoms with Gasteiger partial charge in [-0.05, 0) is 30.3 Å². The van der Waals surface area contributed by atoms with Gasteiger partial charge in [0.2, 0.25) is 0 Å². The van der Waals surface area contributed by atoms with E-state index in [1.165, 1.54) is 12.1 Å². The molecule has 0 aliphatic carbocycles. The summed E-state index contributed by atoms with van der Waals surface area (Å²) in [6.45, 7) is 0. The van der Waals surface area contributed by atoms with Gasteiger partial charge in [-0.3, -0.25) is 34.4 Å². The average Bonchev–Trinajstić information content (AvgIpc) is 3.28. The smallest absolute Gasteiger partial charge is 0.271 e. The number of hydrogen-bond acceptors (Lipinski definition) is 7. The van der Waals surface area contributed by atoms with E-state index in [2.05, 4.69) is 15.3 Å². The van der Waals surface area contributed by atoms with E-state index >= 15 is 0 Å². The number of nitrogen functional groups attached to an aromatic ring is 1. The number of nitrogens with two attached hydrogens (primary N) is 1. The first kappa shape index (κ1) is 18.2. The number of benzene rings is 2. The number of H-pyrrole nitrogens is 1. The third-order valence-electron chi connectivity index (χ3n) is 5.03.